The molecule has 0 saturated carbocycles. The molecule has 2 heterocycles. The van der Waals surface area contributed by atoms with E-state index in [9.17, 15) is 4.79 Å². The number of amides is 1. The zero-order valence-electron chi connectivity index (χ0n) is 13.1. The molecule has 1 aromatic rings. The van der Waals surface area contributed by atoms with Crippen molar-refractivity contribution in [3.63, 3.8) is 0 Å². The molecule has 1 fully saturated rings. The molecule has 0 spiro atoms. The molecule has 2 rings (SSSR count). The number of thiophene rings is 1. The smallest absolute Gasteiger partial charge is 0.241 e. The molecule has 0 radical (unpaired) electrons. The van der Waals surface area contributed by atoms with Gasteiger partial charge in [-0.2, -0.15) is 0 Å². The van der Waals surface area contributed by atoms with Gasteiger partial charge < -0.3 is 4.90 Å². The van der Waals surface area contributed by atoms with Crippen molar-refractivity contribution in [2.24, 2.45) is 5.92 Å². The summed E-state index contributed by atoms with van der Waals surface area (Å²) in [5, 5.41) is 3.55. The third-order valence-corrected chi connectivity index (χ3v) is 5.05. The van der Waals surface area contributed by atoms with Gasteiger partial charge in [0.1, 0.15) is 6.17 Å². The lowest BCUT2D eigenvalue weighted by molar-refractivity contribution is -0.132. The minimum atomic E-state index is -0.0311. The van der Waals surface area contributed by atoms with Crippen LogP contribution in [0.2, 0.25) is 0 Å². The molecule has 20 heavy (non-hydrogen) atoms. The van der Waals surface area contributed by atoms with Crippen LogP contribution in [0.25, 0.3) is 0 Å². The number of nitrogens with zero attached hydrogens (tertiary/aromatic N) is 1. The largest absolute Gasteiger partial charge is 0.318 e. The van der Waals surface area contributed by atoms with Crippen LogP contribution >= 0.6 is 11.3 Å². The van der Waals surface area contributed by atoms with E-state index in [4.69, 9.17) is 0 Å². The number of carbonyl (C=O) groups excluding carboxylic acids is 1. The van der Waals surface area contributed by atoms with Crippen LogP contribution in [0.3, 0.4) is 0 Å². The van der Waals surface area contributed by atoms with Crippen LogP contribution in [0.15, 0.2) is 12.1 Å². The summed E-state index contributed by atoms with van der Waals surface area (Å²) in [6.07, 6.45) is 1.95. The molecular formula is C16H26N2OS. The summed E-state index contributed by atoms with van der Waals surface area (Å²) in [5.74, 6) is 0.795. The van der Waals surface area contributed by atoms with Crippen LogP contribution in [0, 0.1) is 12.8 Å². The van der Waals surface area contributed by atoms with Gasteiger partial charge in [-0.15, -0.1) is 11.3 Å². The van der Waals surface area contributed by atoms with Crippen LogP contribution in [0.4, 0.5) is 0 Å². The minimum Gasteiger partial charge on any atom is -0.318 e. The highest BCUT2D eigenvalue weighted by Crippen LogP contribution is 2.33. The zero-order valence-corrected chi connectivity index (χ0v) is 14.0. The summed E-state index contributed by atoms with van der Waals surface area (Å²) < 4.78 is 0. The summed E-state index contributed by atoms with van der Waals surface area (Å²) in [6, 6.07) is 4.53. The first kappa shape index (κ1) is 15.5. The maximum atomic E-state index is 12.7. The minimum absolute atomic E-state index is 0.0311. The monoisotopic (exact) mass is 294 g/mol. The van der Waals surface area contributed by atoms with Crippen molar-refractivity contribution in [3.05, 3.63) is 21.9 Å². The van der Waals surface area contributed by atoms with Gasteiger partial charge in [-0.05, 0) is 44.7 Å². The normalized spacial score (nSPS) is 24.7. The van der Waals surface area contributed by atoms with Gasteiger partial charge in [0.2, 0.25) is 5.91 Å². The van der Waals surface area contributed by atoms with E-state index in [-0.39, 0.29) is 24.2 Å². The number of rotatable bonds is 5. The molecular weight excluding hydrogens is 268 g/mol. The second-order valence-corrected chi connectivity index (χ2v) is 7.52. The Morgan fingerprint density at radius 2 is 2.05 bits per heavy atom. The molecule has 1 aromatic heterocycles. The Morgan fingerprint density at radius 1 is 1.35 bits per heavy atom. The lowest BCUT2D eigenvalue weighted by Gasteiger charge is -2.29. The summed E-state index contributed by atoms with van der Waals surface area (Å²) in [5.41, 5.74) is 0. The highest BCUT2D eigenvalue weighted by atomic mass is 32.1. The number of carbonyl (C=O) groups is 1. The highest BCUT2D eigenvalue weighted by Gasteiger charge is 2.41. The van der Waals surface area contributed by atoms with E-state index in [1.54, 1.807) is 11.3 Å². The molecule has 1 amide bonds. The standard InChI is InChI=1S/C16H26N2OS/c1-6-11(4)18-15(14-8-7-12(5)20-14)17-13(16(18)19)9-10(2)3/h7-8,10-11,13,15,17H,6,9H2,1-5H3. The van der Waals surface area contributed by atoms with E-state index in [1.165, 1.54) is 9.75 Å². The Kier molecular flexibility index (Phi) is 4.86. The third kappa shape index (κ3) is 3.07. The molecule has 112 valence electrons. The van der Waals surface area contributed by atoms with Crippen LogP contribution in [0.5, 0.6) is 0 Å². The maximum Gasteiger partial charge on any atom is 0.241 e. The Balaban J connectivity index is 2.26. The Hall–Kier alpha value is -0.870. The fourth-order valence-electron chi connectivity index (χ4n) is 2.78. The van der Waals surface area contributed by atoms with Gasteiger partial charge in [-0.3, -0.25) is 10.1 Å². The Bertz CT molecular complexity index is 469. The fourth-order valence-corrected chi connectivity index (χ4v) is 3.71. The maximum absolute atomic E-state index is 12.7. The second-order valence-electron chi connectivity index (χ2n) is 6.20. The number of hydrogen-bond acceptors (Lipinski definition) is 3. The highest BCUT2D eigenvalue weighted by molar-refractivity contribution is 7.12. The molecule has 1 N–H and O–H groups in total. The van der Waals surface area contributed by atoms with Crippen molar-refractivity contribution < 1.29 is 4.79 Å². The molecule has 0 aromatic carbocycles. The molecule has 1 saturated heterocycles. The van der Waals surface area contributed by atoms with Gasteiger partial charge in [0, 0.05) is 15.8 Å². The van der Waals surface area contributed by atoms with Crippen LogP contribution in [-0.2, 0) is 4.79 Å². The predicted octanol–water partition coefficient (Wildman–Crippen LogP) is 3.70. The second kappa shape index (κ2) is 6.27. The molecule has 0 aliphatic carbocycles. The van der Waals surface area contributed by atoms with Crippen molar-refractivity contribution in [2.45, 2.75) is 65.7 Å². The summed E-state index contributed by atoms with van der Waals surface area (Å²) in [6.45, 7) is 10.7. The lowest BCUT2D eigenvalue weighted by atomic mass is 10.0. The van der Waals surface area contributed by atoms with Crippen molar-refractivity contribution in [1.82, 2.24) is 10.2 Å². The van der Waals surface area contributed by atoms with E-state index in [0.29, 0.717) is 5.92 Å². The first-order valence-electron chi connectivity index (χ1n) is 7.58. The van der Waals surface area contributed by atoms with Gasteiger partial charge in [0.25, 0.3) is 0 Å². The molecule has 3 atom stereocenters. The summed E-state index contributed by atoms with van der Waals surface area (Å²) in [4.78, 5) is 17.3. The van der Waals surface area contributed by atoms with Gasteiger partial charge >= 0.3 is 0 Å². The van der Waals surface area contributed by atoms with E-state index in [1.807, 2.05) is 0 Å². The van der Waals surface area contributed by atoms with Gasteiger partial charge in [-0.1, -0.05) is 20.8 Å². The SMILES string of the molecule is CCC(C)N1C(=O)C(CC(C)C)NC1c1ccc(C)s1. The molecule has 1 aliphatic rings. The van der Waals surface area contributed by atoms with Crippen LogP contribution < -0.4 is 5.32 Å². The van der Waals surface area contributed by atoms with E-state index in [2.05, 4.69) is 57.0 Å². The Morgan fingerprint density at radius 3 is 2.55 bits per heavy atom. The first-order chi connectivity index (χ1) is 9.43. The van der Waals surface area contributed by atoms with Gasteiger partial charge in [-0.25, -0.2) is 0 Å². The lowest BCUT2D eigenvalue weighted by Crippen LogP contribution is -2.38. The zero-order chi connectivity index (χ0) is 14.9. The van der Waals surface area contributed by atoms with Crippen LogP contribution in [-0.4, -0.2) is 22.9 Å². The quantitative estimate of drug-likeness (QED) is 0.898. The van der Waals surface area contributed by atoms with E-state index in [0.717, 1.165) is 12.8 Å². The molecule has 4 heteroatoms. The van der Waals surface area contributed by atoms with Crippen LogP contribution in [0.1, 0.15) is 56.5 Å². The predicted molar refractivity (Wildman–Crippen MR) is 84.8 cm³/mol. The first-order valence-corrected chi connectivity index (χ1v) is 8.40. The van der Waals surface area contributed by atoms with Gasteiger partial charge in [0.15, 0.2) is 0 Å². The van der Waals surface area contributed by atoms with E-state index >= 15 is 0 Å². The number of aryl methyl sites for hydroxylation is 1. The molecule has 3 nitrogen and oxygen atoms in total. The molecule has 1 aliphatic heterocycles. The molecule has 3 unspecified atom stereocenters. The van der Waals surface area contributed by atoms with Gasteiger partial charge in [0.05, 0.1) is 6.04 Å². The Labute approximate surface area is 126 Å². The topological polar surface area (TPSA) is 32.3 Å². The van der Waals surface area contributed by atoms with Crippen molar-refractivity contribution >= 4 is 17.2 Å². The number of hydrogen-bond donors (Lipinski definition) is 1. The average Bonchev–Trinajstić information content (AvgIpc) is 2.93. The van der Waals surface area contributed by atoms with E-state index < -0.39 is 0 Å². The average molecular weight is 294 g/mol. The number of nitrogens with one attached hydrogen (secondary N) is 1. The summed E-state index contributed by atoms with van der Waals surface area (Å²) in [7, 11) is 0. The summed E-state index contributed by atoms with van der Waals surface area (Å²) >= 11 is 1.78. The third-order valence-electron chi connectivity index (χ3n) is 3.99. The fraction of sp³-hybridized carbons (Fsp3) is 0.688. The molecule has 0 bridgehead atoms. The van der Waals surface area contributed by atoms with Crippen molar-refractivity contribution in [1.29, 1.82) is 0 Å². The van der Waals surface area contributed by atoms with Crippen molar-refractivity contribution in [3.8, 4) is 0 Å². The van der Waals surface area contributed by atoms with Crippen molar-refractivity contribution in [2.75, 3.05) is 0 Å².